The van der Waals surface area contributed by atoms with E-state index in [9.17, 15) is 15.0 Å². The van der Waals surface area contributed by atoms with Gasteiger partial charge in [-0.3, -0.25) is 14.6 Å². The highest BCUT2D eigenvalue weighted by Gasteiger charge is 2.28. The first-order valence-electron chi connectivity index (χ1n) is 13.5. The zero-order valence-corrected chi connectivity index (χ0v) is 22.1. The number of methoxy groups -OCH3 is 1. The number of nitrogens with zero attached hydrogens (tertiary/aromatic N) is 2. The number of hydrogen-bond donors (Lipinski definition) is 2. The standard InChI is InChI=1S/C30H38N2O5/c1-19-6-4-12-31(14-19)16-23-27(33)24(17-32-13-5-7-20(2)15-32)30-26(28(23)34)29(35)25(18-37-30)21-8-10-22(36-3)11-9-21/h8-11,18-20,33-34H,4-7,12-17H2,1-3H3/t19-,20+/m1/s1. The maximum absolute atomic E-state index is 13.8. The summed E-state index contributed by atoms with van der Waals surface area (Å²) in [5.41, 5.74) is 2.02. The van der Waals surface area contributed by atoms with Gasteiger partial charge in [-0.2, -0.15) is 0 Å². The van der Waals surface area contributed by atoms with E-state index in [-0.39, 0.29) is 27.9 Å². The van der Waals surface area contributed by atoms with Crippen LogP contribution in [0.1, 0.15) is 50.7 Å². The molecule has 2 atom stereocenters. The number of likely N-dealkylation sites (tertiary alicyclic amines) is 2. The summed E-state index contributed by atoms with van der Waals surface area (Å²) in [5, 5.41) is 23.1. The number of phenols is 2. The molecule has 3 aromatic rings. The third-order valence-corrected chi connectivity index (χ3v) is 8.01. The molecule has 0 amide bonds. The molecule has 198 valence electrons. The predicted octanol–water partition coefficient (Wildman–Crippen LogP) is 5.34. The van der Waals surface area contributed by atoms with Gasteiger partial charge in [0, 0.05) is 26.2 Å². The van der Waals surface area contributed by atoms with E-state index in [1.807, 2.05) is 0 Å². The fourth-order valence-corrected chi connectivity index (χ4v) is 6.03. The highest BCUT2D eigenvalue weighted by molar-refractivity contribution is 5.92. The molecule has 37 heavy (non-hydrogen) atoms. The summed E-state index contributed by atoms with van der Waals surface area (Å²) >= 11 is 0. The van der Waals surface area contributed by atoms with Crippen LogP contribution in [0.4, 0.5) is 0 Å². The largest absolute Gasteiger partial charge is 0.507 e. The van der Waals surface area contributed by atoms with Crippen molar-refractivity contribution in [2.75, 3.05) is 33.3 Å². The van der Waals surface area contributed by atoms with Gasteiger partial charge in [0.1, 0.15) is 34.5 Å². The summed E-state index contributed by atoms with van der Waals surface area (Å²) in [7, 11) is 1.60. The van der Waals surface area contributed by atoms with Crippen molar-refractivity contribution in [2.24, 2.45) is 11.8 Å². The lowest BCUT2D eigenvalue weighted by Crippen LogP contribution is -2.34. The summed E-state index contributed by atoms with van der Waals surface area (Å²) in [4.78, 5) is 18.4. The maximum Gasteiger partial charge on any atom is 0.204 e. The molecule has 0 radical (unpaired) electrons. The number of rotatable bonds is 6. The lowest BCUT2D eigenvalue weighted by Gasteiger charge is -2.33. The van der Waals surface area contributed by atoms with E-state index in [1.54, 1.807) is 31.4 Å². The summed E-state index contributed by atoms with van der Waals surface area (Å²) in [6.07, 6.45) is 6.00. The van der Waals surface area contributed by atoms with Crippen LogP contribution in [0, 0.1) is 11.8 Å². The minimum Gasteiger partial charge on any atom is -0.507 e. The molecule has 0 saturated carbocycles. The number of aromatic hydroxyl groups is 2. The highest BCUT2D eigenvalue weighted by atomic mass is 16.5. The first-order chi connectivity index (χ1) is 17.9. The second kappa shape index (κ2) is 10.8. The van der Waals surface area contributed by atoms with Crippen LogP contribution >= 0.6 is 0 Å². The topological polar surface area (TPSA) is 86.4 Å². The normalized spacial score (nSPS) is 21.4. The molecule has 2 fully saturated rings. The number of hydrogen-bond acceptors (Lipinski definition) is 7. The van der Waals surface area contributed by atoms with Crippen LogP contribution in [0.3, 0.4) is 0 Å². The zero-order chi connectivity index (χ0) is 26.1. The van der Waals surface area contributed by atoms with Crippen LogP contribution in [0.5, 0.6) is 17.2 Å². The Kier molecular flexibility index (Phi) is 7.45. The molecule has 7 nitrogen and oxygen atoms in total. The fourth-order valence-electron chi connectivity index (χ4n) is 6.03. The molecule has 2 N–H and O–H groups in total. The maximum atomic E-state index is 13.8. The number of piperidine rings is 2. The number of phenolic OH excluding ortho intramolecular Hbond substituents is 2. The van der Waals surface area contributed by atoms with Gasteiger partial charge in [0.25, 0.3) is 0 Å². The molecular weight excluding hydrogens is 468 g/mol. The van der Waals surface area contributed by atoms with Crippen molar-refractivity contribution in [3.8, 4) is 28.4 Å². The first-order valence-corrected chi connectivity index (χ1v) is 13.5. The molecule has 3 heterocycles. The highest BCUT2D eigenvalue weighted by Crippen LogP contribution is 2.41. The molecule has 0 bridgehead atoms. The Bertz CT molecular complexity index is 1320. The van der Waals surface area contributed by atoms with Crippen molar-refractivity contribution in [1.82, 2.24) is 9.80 Å². The fraction of sp³-hybridized carbons (Fsp3) is 0.500. The third-order valence-electron chi connectivity index (χ3n) is 8.01. The van der Waals surface area contributed by atoms with Gasteiger partial charge < -0.3 is 19.4 Å². The first kappa shape index (κ1) is 25.6. The van der Waals surface area contributed by atoms with Crippen LogP contribution < -0.4 is 10.2 Å². The van der Waals surface area contributed by atoms with Gasteiger partial charge >= 0.3 is 0 Å². The van der Waals surface area contributed by atoms with E-state index in [0.29, 0.717) is 52.9 Å². The second-order valence-corrected chi connectivity index (χ2v) is 11.0. The predicted molar refractivity (Wildman–Crippen MR) is 145 cm³/mol. The number of fused-ring (bicyclic) bond motifs is 1. The zero-order valence-electron chi connectivity index (χ0n) is 22.1. The monoisotopic (exact) mass is 506 g/mol. The van der Waals surface area contributed by atoms with Crippen LogP contribution in [-0.4, -0.2) is 53.3 Å². The number of ether oxygens (including phenoxy) is 1. The smallest absolute Gasteiger partial charge is 0.204 e. The number of benzene rings is 2. The van der Waals surface area contributed by atoms with Gasteiger partial charge in [-0.1, -0.05) is 26.0 Å². The molecule has 7 heteroatoms. The van der Waals surface area contributed by atoms with Gasteiger partial charge in [0.05, 0.1) is 23.8 Å². The molecule has 2 saturated heterocycles. The van der Waals surface area contributed by atoms with Gasteiger partial charge in [0.2, 0.25) is 5.43 Å². The van der Waals surface area contributed by atoms with E-state index in [0.717, 1.165) is 39.0 Å². The van der Waals surface area contributed by atoms with E-state index in [1.165, 1.54) is 19.1 Å². The Morgan fingerprint density at radius 2 is 1.51 bits per heavy atom. The van der Waals surface area contributed by atoms with Crippen molar-refractivity contribution >= 4 is 11.0 Å². The van der Waals surface area contributed by atoms with Gasteiger partial charge in [-0.25, -0.2) is 0 Å². The van der Waals surface area contributed by atoms with Gasteiger partial charge in [-0.05, 0) is 68.3 Å². The molecule has 0 unspecified atom stereocenters. The molecule has 2 aliphatic heterocycles. The van der Waals surface area contributed by atoms with E-state index in [4.69, 9.17) is 9.15 Å². The van der Waals surface area contributed by atoms with Crippen LogP contribution in [0.25, 0.3) is 22.1 Å². The van der Waals surface area contributed by atoms with E-state index < -0.39 is 0 Å². The van der Waals surface area contributed by atoms with Crippen LogP contribution in [-0.2, 0) is 13.1 Å². The third kappa shape index (κ3) is 5.20. The average Bonchev–Trinajstić information content (AvgIpc) is 2.89. The SMILES string of the molecule is COc1ccc(-c2coc3c(CN4CCC[C@H](C)C4)c(O)c(CN4CCC[C@@H](C)C4)c(O)c3c2=O)cc1. The summed E-state index contributed by atoms with van der Waals surface area (Å²) in [5.74, 6) is 1.69. The summed E-state index contributed by atoms with van der Waals surface area (Å²) in [6.45, 7) is 9.00. The molecular formula is C30H38N2O5. The molecule has 2 aromatic carbocycles. The average molecular weight is 507 g/mol. The molecule has 0 aliphatic carbocycles. The Labute approximate surface area is 218 Å². The van der Waals surface area contributed by atoms with Gasteiger partial charge in [-0.15, -0.1) is 0 Å². The Morgan fingerprint density at radius 3 is 2.08 bits per heavy atom. The minimum absolute atomic E-state index is 0.0433. The van der Waals surface area contributed by atoms with Gasteiger partial charge in [0.15, 0.2) is 0 Å². The lowest BCUT2D eigenvalue weighted by atomic mass is 9.95. The molecule has 0 spiro atoms. The van der Waals surface area contributed by atoms with E-state index >= 15 is 0 Å². The van der Waals surface area contributed by atoms with Crippen molar-refractivity contribution < 1.29 is 19.4 Å². The van der Waals surface area contributed by atoms with Crippen LogP contribution in [0.2, 0.25) is 0 Å². The van der Waals surface area contributed by atoms with E-state index in [2.05, 4.69) is 23.6 Å². The van der Waals surface area contributed by atoms with Crippen molar-refractivity contribution in [1.29, 1.82) is 0 Å². The van der Waals surface area contributed by atoms with Crippen molar-refractivity contribution in [3.05, 3.63) is 51.9 Å². The minimum atomic E-state index is -0.301. The molecule has 5 rings (SSSR count). The lowest BCUT2D eigenvalue weighted by molar-refractivity contribution is 0.170. The van der Waals surface area contributed by atoms with Crippen molar-refractivity contribution in [3.63, 3.8) is 0 Å². The summed E-state index contributed by atoms with van der Waals surface area (Å²) in [6, 6.07) is 7.20. The Balaban J connectivity index is 1.64. The quantitative estimate of drug-likeness (QED) is 0.466. The van der Waals surface area contributed by atoms with Crippen LogP contribution in [0.15, 0.2) is 39.7 Å². The second-order valence-electron chi connectivity index (χ2n) is 11.0. The summed E-state index contributed by atoms with van der Waals surface area (Å²) < 4.78 is 11.3. The Morgan fingerprint density at radius 1 is 0.919 bits per heavy atom. The Hall–Kier alpha value is -3.03. The molecule has 1 aromatic heterocycles. The molecule has 2 aliphatic rings. The van der Waals surface area contributed by atoms with Crippen molar-refractivity contribution in [2.45, 2.75) is 52.6 Å².